The standard InChI is InChI=1S/C25H43N5O6S/c1-18(2)17-21(22(32)23(33)26-20-9-5-6-10-20)27-24(34)25(11-7-4-8-12-25)28-37(35,36)30-15-13-29(14-16-30)19(3)31/h18,20-21,28H,4-17H2,1-3H3,(H,26,33)(H,27,34). The molecule has 3 amide bonds. The molecular formula is C25H43N5O6S. The highest BCUT2D eigenvalue weighted by Gasteiger charge is 2.46. The summed E-state index contributed by atoms with van der Waals surface area (Å²) in [5.74, 6) is -2.02. The molecule has 1 atom stereocenters. The second-order valence-corrected chi connectivity index (χ2v) is 12.8. The lowest BCUT2D eigenvalue weighted by molar-refractivity contribution is -0.141. The van der Waals surface area contributed by atoms with Crippen molar-refractivity contribution in [3.05, 3.63) is 0 Å². The van der Waals surface area contributed by atoms with Crippen LogP contribution < -0.4 is 15.4 Å². The third kappa shape index (κ3) is 7.73. The maximum absolute atomic E-state index is 13.7. The van der Waals surface area contributed by atoms with E-state index in [1.54, 1.807) is 4.90 Å². The molecule has 3 rings (SSSR count). The molecule has 0 bridgehead atoms. The summed E-state index contributed by atoms with van der Waals surface area (Å²) in [6, 6.07) is -1.05. The number of carbonyl (C=O) groups excluding carboxylic acids is 4. The van der Waals surface area contributed by atoms with E-state index in [9.17, 15) is 27.6 Å². The first-order valence-electron chi connectivity index (χ1n) is 13.6. The fourth-order valence-electron chi connectivity index (χ4n) is 5.57. The molecule has 11 nitrogen and oxygen atoms in total. The van der Waals surface area contributed by atoms with E-state index in [4.69, 9.17) is 0 Å². The third-order valence-electron chi connectivity index (χ3n) is 7.73. The van der Waals surface area contributed by atoms with Crippen molar-refractivity contribution in [1.82, 2.24) is 24.6 Å². The average Bonchev–Trinajstić information content (AvgIpc) is 3.36. The van der Waals surface area contributed by atoms with Crippen LogP contribution in [0.1, 0.15) is 85.0 Å². The van der Waals surface area contributed by atoms with Crippen LogP contribution in [0.2, 0.25) is 0 Å². The summed E-state index contributed by atoms with van der Waals surface area (Å²) in [6.07, 6.45) is 6.81. The van der Waals surface area contributed by atoms with Gasteiger partial charge in [-0.1, -0.05) is 46.0 Å². The molecule has 2 saturated carbocycles. The van der Waals surface area contributed by atoms with Crippen LogP contribution in [0.5, 0.6) is 0 Å². The number of hydrogen-bond acceptors (Lipinski definition) is 6. The molecule has 0 aromatic carbocycles. The number of ketones is 1. The van der Waals surface area contributed by atoms with Crippen molar-refractivity contribution in [3.8, 4) is 0 Å². The van der Waals surface area contributed by atoms with Crippen LogP contribution in [0.4, 0.5) is 0 Å². The Balaban J connectivity index is 1.74. The van der Waals surface area contributed by atoms with E-state index in [1.165, 1.54) is 11.2 Å². The molecule has 37 heavy (non-hydrogen) atoms. The zero-order chi connectivity index (χ0) is 27.2. The smallest absolute Gasteiger partial charge is 0.289 e. The molecule has 210 valence electrons. The maximum Gasteiger partial charge on any atom is 0.289 e. The Morgan fingerprint density at radius 3 is 2.05 bits per heavy atom. The van der Waals surface area contributed by atoms with Crippen molar-refractivity contribution in [2.45, 2.75) is 103 Å². The van der Waals surface area contributed by atoms with Crippen molar-refractivity contribution >= 4 is 33.7 Å². The van der Waals surface area contributed by atoms with Gasteiger partial charge in [0.1, 0.15) is 5.54 Å². The fraction of sp³-hybridized carbons (Fsp3) is 0.840. The number of Topliss-reactive ketones (excluding diaryl/α,β-unsaturated/α-hetero) is 1. The first-order chi connectivity index (χ1) is 17.4. The molecule has 3 fully saturated rings. The molecule has 1 aliphatic heterocycles. The van der Waals surface area contributed by atoms with Crippen molar-refractivity contribution in [3.63, 3.8) is 0 Å². The van der Waals surface area contributed by atoms with Gasteiger partial charge >= 0.3 is 0 Å². The molecule has 0 radical (unpaired) electrons. The van der Waals surface area contributed by atoms with Gasteiger partial charge < -0.3 is 15.5 Å². The van der Waals surface area contributed by atoms with Crippen molar-refractivity contribution in [2.24, 2.45) is 5.92 Å². The quantitative estimate of drug-likeness (QED) is 0.350. The highest BCUT2D eigenvalue weighted by atomic mass is 32.2. The van der Waals surface area contributed by atoms with Crippen LogP contribution in [-0.4, -0.2) is 84.9 Å². The molecule has 0 spiro atoms. The summed E-state index contributed by atoms with van der Waals surface area (Å²) < 4.78 is 30.6. The lowest BCUT2D eigenvalue weighted by Crippen LogP contribution is -2.65. The van der Waals surface area contributed by atoms with E-state index >= 15 is 0 Å². The van der Waals surface area contributed by atoms with Gasteiger partial charge in [-0.15, -0.1) is 0 Å². The topological polar surface area (TPSA) is 145 Å². The minimum Gasteiger partial charge on any atom is -0.347 e. The van der Waals surface area contributed by atoms with Crippen LogP contribution >= 0.6 is 0 Å². The van der Waals surface area contributed by atoms with Gasteiger partial charge in [0, 0.05) is 39.1 Å². The molecule has 3 N–H and O–H groups in total. The number of nitrogens with zero attached hydrogens (tertiary/aromatic N) is 2. The number of amides is 3. The molecule has 1 saturated heterocycles. The van der Waals surface area contributed by atoms with Gasteiger partial charge in [-0.2, -0.15) is 17.4 Å². The van der Waals surface area contributed by atoms with Gasteiger partial charge in [-0.3, -0.25) is 19.2 Å². The van der Waals surface area contributed by atoms with E-state index in [2.05, 4.69) is 15.4 Å². The third-order valence-corrected chi connectivity index (χ3v) is 9.43. The Morgan fingerprint density at radius 1 is 0.919 bits per heavy atom. The Bertz CT molecular complexity index is 949. The maximum atomic E-state index is 13.7. The molecule has 1 heterocycles. The zero-order valence-corrected chi connectivity index (χ0v) is 23.2. The second-order valence-electron chi connectivity index (χ2n) is 11.1. The van der Waals surface area contributed by atoms with Gasteiger partial charge in [0.15, 0.2) is 0 Å². The Labute approximate surface area is 220 Å². The van der Waals surface area contributed by atoms with Crippen molar-refractivity contribution < 1.29 is 27.6 Å². The molecule has 12 heteroatoms. The van der Waals surface area contributed by atoms with Gasteiger partial charge in [-0.25, -0.2) is 0 Å². The number of carbonyl (C=O) groups is 4. The van der Waals surface area contributed by atoms with Crippen LogP contribution in [-0.2, 0) is 29.4 Å². The predicted molar refractivity (Wildman–Crippen MR) is 138 cm³/mol. The summed E-state index contributed by atoms with van der Waals surface area (Å²) in [4.78, 5) is 52.7. The Morgan fingerprint density at radius 2 is 1.51 bits per heavy atom. The minimum atomic E-state index is -4.03. The lowest BCUT2D eigenvalue weighted by atomic mass is 9.81. The van der Waals surface area contributed by atoms with Gasteiger partial charge in [0.05, 0.1) is 6.04 Å². The summed E-state index contributed by atoms with van der Waals surface area (Å²) >= 11 is 0. The van der Waals surface area contributed by atoms with Crippen LogP contribution in [0, 0.1) is 5.92 Å². The molecule has 1 unspecified atom stereocenters. The van der Waals surface area contributed by atoms with E-state index in [1.807, 2.05) is 13.8 Å². The predicted octanol–water partition coefficient (Wildman–Crippen LogP) is 0.847. The minimum absolute atomic E-state index is 0.0215. The van der Waals surface area contributed by atoms with Gasteiger partial charge in [0.25, 0.3) is 16.1 Å². The largest absolute Gasteiger partial charge is 0.347 e. The molecule has 2 aliphatic carbocycles. The molecule has 3 aliphatic rings. The first-order valence-corrected chi connectivity index (χ1v) is 15.1. The summed E-state index contributed by atoms with van der Waals surface area (Å²) in [6.45, 7) is 6.12. The molecule has 0 aromatic heterocycles. The highest BCUT2D eigenvalue weighted by molar-refractivity contribution is 7.87. The van der Waals surface area contributed by atoms with Gasteiger partial charge in [0.2, 0.25) is 17.6 Å². The number of nitrogens with one attached hydrogen (secondary N) is 3. The van der Waals surface area contributed by atoms with Crippen LogP contribution in [0.3, 0.4) is 0 Å². The highest BCUT2D eigenvalue weighted by Crippen LogP contribution is 2.30. The number of rotatable bonds is 10. The average molecular weight is 542 g/mol. The Kier molecular flexibility index (Phi) is 10.1. The van der Waals surface area contributed by atoms with Crippen molar-refractivity contribution in [2.75, 3.05) is 26.2 Å². The Hall–Kier alpha value is -2.05. The van der Waals surface area contributed by atoms with E-state index in [0.717, 1.165) is 32.1 Å². The first kappa shape index (κ1) is 29.5. The number of piperazine rings is 1. The van der Waals surface area contributed by atoms with Gasteiger partial charge in [-0.05, 0) is 38.0 Å². The van der Waals surface area contributed by atoms with Crippen molar-refractivity contribution in [1.29, 1.82) is 0 Å². The summed E-state index contributed by atoms with van der Waals surface area (Å²) in [5, 5.41) is 5.57. The second kappa shape index (κ2) is 12.7. The summed E-state index contributed by atoms with van der Waals surface area (Å²) in [5.41, 5.74) is -1.40. The lowest BCUT2D eigenvalue weighted by Gasteiger charge is -2.40. The SMILES string of the molecule is CC(=O)N1CCN(S(=O)(=O)NC2(C(=O)NC(CC(C)C)C(=O)C(=O)NC3CCCC3)CCCCC2)CC1. The normalized spacial score (nSPS) is 22.0. The zero-order valence-electron chi connectivity index (χ0n) is 22.4. The van der Waals surface area contributed by atoms with Crippen LogP contribution in [0.15, 0.2) is 0 Å². The van der Waals surface area contributed by atoms with E-state index < -0.39 is 39.4 Å². The monoisotopic (exact) mass is 541 g/mol. The van der Waals surface area contributed by atoms with Crippen LogP contribution in [0.25, 0.3) is 0 Å². The number of hydrogen-bond donors (Lipinski definition) is 3. The summed E-state index contributed by atoms with van der Waals surface area (Å²) in [7, 11) is -4.03. The van der Waals surface area contributed by atoms with E-state index in [0.29, 0.717) is 25.7 Å². The fourth-order valence-corrected chi connectivity index (χ4v) is 7.13. The molecule has 0 aromatic rings. The molecular weight excluding hydrogens is 498 g/mol. The van der Waals surface area contributed by atoms with E-state index in [-0.39, 0.29) is 50.5 Å².